The van der Waals surface area contributed by atoms with Crippen molar-refractivity contribution in [3.8, 4) is 11.5 Å². The van der Waals surface area contributed by atoms with Gasteiger partial charge in [0.2, 0.25) is 11.6 Å². The summed E-state index contributed by atoms with van der Waals surface area (Å²) in [5.41, 5.74) is 0.910. The van der Waals surface area contributed by atoms with Crippen LogP contribution in [0, 0.1) is 10.1 Å². The molecule has 0 radical (unpaired) electrons. The van der Waals surface area contributed by atoms with E-state index in [0.717, 1.165) is 31.2 Å². The van der Waals surface area contributed by atoms with Crippen LogP contribution in [0.25, 0.3) is 0 Å². The van der Waals surface area contributed by atoms with Gasteiger partial charge in [0, 0.05) is 12.6 Å². The summed E-state index contributed by atoms with van der Waals surface area (Å²) in [4.78, 5) is 19.4. The Labute approximate surface area is 163 Å². The molecule has 0 aliphatic heterocycles. The van der Waals surface area contributed by atoms with E-state index in [1.807, 2.05) is 18.2 Å². The first-order valence-corrected chi connectivity index (χ1v) is 9.33. The normalized spacial score (nSPS) is 13.9. The number of nitro groups is 1. The van der Waals surface area contributed by atoms with Gasteiger partial charge in [0.15, 0.2) is 11.5 Å². The predicted octanol–water partition coefficient (Wildman–Crippen LogP) is 3.41. The number of nitrogens with one attached hydrogen (secondary N) is 2. The van der Waals surface area contributed by atoms with Gasteiger partial charge in [-0.3, -0.25) is 10.1 Å². The third kappa shape index (κ3) is 4.59. The van der Waals surface area contributed by atoms with Crippen molar-refractivity contribution in [1.82, 2.24) is 9.97 Å². The first-order valence-electron chi connectivity index (χ1n) is 9.33. The molecule has 1 fully saturated rings. The van der Waals surface area contributed by atoms with Crippen molar-refractivity contribution in [1.29, 1.82) is 0 Å². The summed E-state index contributed by atoms with van der Waals surface area (Å²) in [7, 11) is 3.17. The molecule has 0 bridgehead atoms. The van der Waals surface area contributed by atoms with E-state index >= 15 is 0 Å². The molecular formula is C19H25N5O4. The molecule has 0 saturated heterocycles. The molecule has 0 atom stereocenters. The van der Waals surface area contributed by atoms with Gasteiger partial charge in [0.1, 0.15) is 6.33 Å². The highest BCUT2D eigenvalue weighted by molar-refractivity contribution is 5.69. The van der Waals surface area contributed by atoms with Crippen LogP contribution in [0.15, 0.2) is 24.5 Å². The van der Waals surface area contributed by atoms with Gasteiger partial charge in [0.25, 0.3) is 0 Å². The average Bonchev–Trinajstić information content (AvgIpc) is 3.20. The fourth-order valence-electron chi connectivity index (χ4n) is 3.41. The Balaban J connectivity index is 1.69. The fraction of sp³-hybridized carbons (Fsp3) is 0.474. The molecule has 2 N–H and O–H groups in total. The van der Waals surface area contributed by atoms with Crippen molar-refractivity contribution < 1.29 is 14.4 Å². The minimum absolute atomic E-state index is 0.110. The number of methoxy groups -OCH3 is 2. The van der Waals surface area contributed by atoms with Gasteiger partial charge in [-0.2, -0.15) is 0 Å². The van der Waals surface area contributed by atoms with E-state index in [2.05, 4.69) is 20.6 Å². The maximum atomic E-state index is 11.6. The van der Waals surface area contributed by atoms with E-state index in [9.17, 15) is 10.1 Å². The second-order valence-electron chi connectivity index (χ2n) is 6.67. The number of aromatic nitrogens is 2. The fourth-order valence-corrected chi connectivity index (χ4v) is 3.41. The molecule has 1 saturated carbocycles. The standard InChI is InChI=1S/C19H25N5O4/c1-27-15-8-7-13(11-16(15)28-2)9-10-20-18-17(24(25)26)19(22-12-21-18)23-14-5-3-4-6-14/h7-8,11-12,14H,3-6,9-10H2,1-2H3,(H2,20,21,22,23). The molecule has 2 aromatic rings. The Kier molecular flexibility index (Phi) is 6.46. The van der Waals surface area contributed by atoms with Crippen molar-refractivity contribution >= 4 is 17.3 Å². The van der Waals surface area contributed by atoms with E-state index in [1.165, 1.54) is 6.33 Å². The summed E-state index contributed by atoms with van der Waals surface area (Å²) in [6.07, 6.45) is 6.27. The summed E-state index contributed by atoms with van der Waals surface area (Å²) in [5.74, 6) is 1.81. The molecule has 9 heteroatoms. The second kappa shape index (κ2) is 9.20. The number of anilines is 2. The van der Waals surface area contributed by atoms with Gasteiger partial charge in [-0.25, -0.2) is 9.97 Å². The lowest BCUT2D eigenvalue weighted by molar-refractivity contribution is -0.383. The van der Waals surface area contributed by atoms with Crippen LogP contribution in [0.1, 0.15) is 31.2 Å². The second-order valence-corrected chi connectivity index (χ2v) is 6.67. The van der Waals surface area contributed by atoms with Crippen molar-refractivity contribution in [3.05, 3.63) is 40.2 Å². The zero-order valence-electron chi connectivity index (χ0n) is 16.1. The Bertz CT molecular complexity index is 824. The molecule has 3 rings (SSSR count). The number of hydrogen-bond acceptors (Lipinski definition) is 8. The van der Waals surface area contributed by atoms with Gasteiger partial charge in [-0.15, -0.1) is 0 Å². The first kappa shape index (κ1) is 19.7. The van der Waals surface area contributed by atoms with Gasteiger partial charge in [-0.1, -0.05) is 18.9 Å². The minimum Gasteiger partial charge on any atom is -0.493 e. The Hall–Kier alpha value is -3.10. The van der Waals surface area contributed by atoms with Crippen LogP contribution in [0.3, 0.4) is 0 Å². The molecule has 0 unspecified atom stereocenters. The lowest BCUT2D eigenvalue weighted by Gasteiger charge is -2.14. The molecule has 1 heterocycles. The van der Waals surface area contributed by atoms with Crippen molar-refractivity contribution in [2.45, 2.75) is 38.1 Å². The Morgan fingerprint density at radius 1 is 1.14 bits per heavy atom. The van der Waals surface area contributed by atoms with Crippen LogP contribution in [0.4, 0.5) is 17.3 Å². The topological polar surface area (TPSA) is 111 Å². The molecule has 1 aromatic carbocycles. The number of nitrogens with zero attached hydrogens (tertiary/aromatic N) is 3. The lowest BCUT2D eigenvalue weighted by atomic mass is 10.1. The smallest absolute Gasteiger partial charge is 0.353 e. The van der Waals surface area contributed by atoms with Crippen molar-refractivity contribution in [2.75, 3.05) is 31.4 Å². The summed E-state index contributed by atoms with van der Waals surface area (Å²) in [5, 5.41) is 17.9. The van der Waals surface area contributed by atoms with E-state index in [4.69, 9.17) is 9.47 Å². The van der Waals surface area contributed by atoms with Crippen LogP contribution in [0.5, 0.6) is 11.5 Å². The zero-order valence-corrected chi connectivity index (χ0v) is 16.1. The Morgan fingerprint density at radius 2 is 1.86 bits per heavy atom. The molecule has 1 aliphatic carbocycles. The molecule has 0 amide bonds. The molecule has 1 aliphatic rings. The zero-order chi connectivity index (χ0) is 19.9. The SMILES string of the molecule is COc1ccc(CCNc2ncnc(NC3CCCC3)c2[N+](=O)[O-])cc1OC. The molecule has 1 aromatic heterocycles. The molecule has 9 nitrogen and oxygen atoms in total. The van der Waals surface area contributed by atoms with E-state index in [-0.39, 0.29) is 23.4 Å². The van der Waals surface area contributed by atoms with Crippen LogP contribution in [-0.4, -0.2) is 41.7 Å². The maximum Gasteiger partial charge on any atom is 0.353 e. The highest BCUT2D eigenvalue weighted by Crippen LogP contribution is 2.32. The Morgan fingerprint density at radius 3 is 2.54 bits per heavy atom. The molecule has 28 heavy (non-hydrogen) atoms. The maximum absolute atomic E-state index is 11.6. The van der Waals surface area contributed by atoms with Gasteiger partial charge >= 0.3 is 5.69 Å². The number of rotatable bonds is 9. The van der Waals surface area contributed by atoms with Crippen molar-refractivity contribution in [3.63, 3.8) is 0 Å². The van der Waals surface area contributed by atoms with E-state index in [0.29, 0.717) is 24.5 Å². The average molecular weight is 387 g/mol. The van der Waals surface area contributed by atoms with Crippen LogP contribution >= 0.6 is 0 Å². The number of ether oxygens (including phenoxy) is 2. The third-order valence-electron chi connectivity index (χ3n) is 4.85. The lowest BCUT2D eigenvalue weighted by Crippen LogP contribution is -2.18. The van der Waals surface area contributed by atoms with Crippen LogP contribution < -0.4 is 20.1 Å². The third-order valence-corrected chi connectivity index (χ3v) is 4.85. The molecule has 150 valence electrons. The quantitative estimate of drug-likeness (QED) is 0.497. The van der Waals surface area contributed by atoms with Crippen molar-refractivity contribution in [2.24, 2.45) is 0 Å². The van der Waals surface area contributed by atoms with Gasteiger partial charge in [-0.05, 0) is 37.0 Å². The van der Waals surface area contributed by atoms with E-state index in [1.54, 1.807) is 14.2 Å². The monoisotopic (exact) mass is 387 g/mol. The van der Waals surface area contributed by atoms with Gasteiger partial charge < -0.3 is 20.1 Å². The first-order chi connectivity index (χ1) is 13.6. The largest absolute Gasteiger partial charge is 0.493 e. The highest BCUT2D eigenvalue weighted by Gasteiger charge is 2.25. The minimum atomic E-state index is -0.434. The number of benzene rings is 1. The molecule has 0 spiro atoms. The molecular weight excluding hydrogens is 362 g/mol. The summed E-state index contributed by atoms with van der Waals surface area (Å²) < 4.78 is 10.5. The van der Waals surface area contributed by atoms with Gasteiger partial charge in [0.05, 0.1) is 19.1 Å². The van der Waals surface area contributed by atoms with Crippen LogP contribution in [-0.2, 0) is 6.42 Å². The highest BCUT2D eigenvalue weighted by atomic mass is 16.6. The predicted molar refractivity (Wildman–Crippen MR) is 106 cm³/mol. The summed E-state index contributed by atoms with van der Waals surface area (Å²) in [6, 6.07) is 5.89. The van der Waals surface area contributed by atoms with Crippen LogP contribution in [0.2, 0.25) is 0 Å². The number of hydrogen-bond donors (Lipinski definition) is 2. The summed E-state index contributed by atoms with van der Waals surface area (Å²) in [6.45, 7) is 0.482. The summed E-state index contributed by atoms with van der Waals surface area (Å²) >= 11 is 0. The van der Waals surface area contributed by atoms with E-state index < -0.39 is 4.92 Å².